The first-order valence-electron chi connectivity index (χ1n) is 5.85. The monoisotopic (exact) mass is 332 g/mol. The lowest BCUT2D eigenvalue weighted by Gasteiger charge is -2.18. The lowest BCUT2D eigenvalue weighted by atomic mass is 10.2. The molecule has 100 valence electrons. The van der Waals surface area contributed by atoms with Crippen molar-refractivity contribution in [2.45, 2.75) is 31.2 Å². The summed E-state index contributed by atoms with van der Waals surface area (Å²) in [5.74, 6) is 0. The van der Waals surface area contributed by atoms with Crippen LogP contribution in [0.5, 0.6) is 0 Å². The van der Waals surface area contributed by atoms with Gasteiger partial charge in [-0.15, -0.1) is 0 Å². The largest absolute Gasteiger partial charge is 0.326 e. The summed E-state index contributed by atoms with van der Waals surface area (Å²) in [5.41, 5.74) is 7.45. The Morgan fingerprint density at radius 2 is 2.00 bits per heavy atom. The fourth-order valence-electron chi connectivity index (χ4n) is 2.14. The fourth-order valence-corrected chi connectivity index (χ4v) is 4.40. The third-order valence-corrected chi connectivity index (χ3v) is 6.12. The number of nitrogens with zero attached hydrogens (tertiary/aromatic N) is 1. The van der Waals surface area contributed by atoms with E-state index in [-0.39, 0.29) is 6.04 Å². The van der Waals surface area contributed by atoms with Gasteiger partial charge in [0.15, 0.2) is 0 Å². The molecule has 1 saturated heterocycles. The highest BCUT2D eigenvalue weighted by molar-refractivity contribution is 9.10. The predicted molar refractivity (Wildman–Crippen MR) is 75.0 cm³/mol. The van der Waals surface area contributed by atoms with Gasteiger partial charge in [-0.05, 0) is 43.5 Å². The topological polar surface area (TPSA) is 63.4 Å². The Kier molecular flexibility index (Phi) is 3.82. The maximum absolute atomic E-state index is 12.5. The van der Waals surface area contributed by atoms with Gasteiger partial charge < -0.3 is 5.73 Å². The molecule has 1 aliphatic rings. The molecule has 2 N–H and O–H groups in total. The smallest absolute Gasteiger partial charge is 0.243 e. The van der Waals surface area contributed by atoms with Crippen LogP contribution in [-0.2, 0) is 10.0 Å². The van der Waals surface area contributed by atoms with Crippen LogP contribution in [0.15, 0.2) is 21.5 Å². The number of aryl methyl sites for hydroxylation is 2. The molecule has 0 aliphatic carbocycles. The van der Waals surface area contributed by atoms with Crippen molar-refractivity contribution >= 4 is 26.0 Å². The molecule has 0 bridgehead atoms. The molecular weight excluding hydrogens is 316 g/mol. The zero-order chi connectivity index (χ0) is 13.5. The Hall–Kier alpha value is -0.430. The van der Waals surface area contributed by atoms with Crippen LogP contribution in [0.3, 0.4) is 0 Å². The minimum absolute atomic E-state index is 0.0448. The van der Waals surface area contributed by atoms with Gasteiger partial charge >= 0.3 is 0 Å². The minimum Gasteiger partial charge on any atom is -0.326 e. The molecule has 1 aliphatic heterocycles. The van der Waals surface area contributed by atoms with E-state index in [2.05, 4.69) is 15.9 Å². The minimum atomic E-state index is -3.41. The maximum atomic E-state index is 12.5. The standard InChI is InChI=1S/C12H17BrN2O2S/c1-8-6-12(9(2)5-11(8)13)18(16,17)15-4-3-10(14)7-15/h5-6,10H,3-4,7,14H2,1-2H3. The van der Waals surface area contributed by atoms with Gasteiger partial charge in [0.05, 0.1) is 4.90 Å². The highest BCUT2D eigenvalue weighted by Gasteiger charge is 2.32. The van der Waals surface area contributed by atoms with Crippen molar-refractivity contribution in [3.8, 4) is 0 Å². The fraction of sp³-hybridized carbons (Fsp3) is 0.500. The van der Waals surface area contributed by atoms with Crippen LogP contribution in [0.25, 0.3) is 0 Å². The van der Waals surface area contributed by atoms with Gasteiger partial charge in [-0.3, -0.25) is 0 Å². The Morgan fingerprint density at radius 3 is 2.56 bits per heavy atom. The van der Waals surface area contributed by atoms with Crippen LogP contribution < -0.4 is 5.73 Å². The normalized spacial score (nSPS) is 21.4. The Labute approximate surface area is 116 Å². The summed E-state index contributed by atoms with van der Waals surface area (Å²) < 4.78 is 27.4. The van der Waals surface area contributed by atoms with Gasteiger partial charge in [0.1, 0.15) is 0 Å². The summed E-state index contributed by atoms with van der Waals surface area (Å²) in [6.07, 6.45) is 0.730. The molecule has 6 heteroatoms. The zero-order valence-electron chi connectivity index (χ0n) is 10.5. The number of nitrogens with two attached hydrogens (primary N) is 1. The molecule has 0 radical (unpaired) electrons. The van der Waals surface area contributed by atoms with Crippen LogP contribution in [0.2, 0.25) is 0 Å². The van der Waals surface area contributed by atoms with E-state index in [4.69, 9.17) is 5.73 Å². The number of hydrogen-bond donors (Lipinski definition) is 1. The Bertz CT molecular complexity index is 572. The SMILES string of the molecule is Cc1cc(S(=O)(=O)N2CCC(N)C2)c(C)cc1Br. The number of hydrogen-bond acceptors (Lipinski definition) is 3. The van der Waals surface area contributed by atoms with Crippen LogP contribution in [0.1, 0.15) is 17.5 Å². The Morgan fingerprint density at radius 1 is 1.33 bits per heavy atom. The Balaban J connectivity index is 2.45. The summed E-state index contributed by atoms with van der Waals surface area (Å²) in [7, 11) is -3.41. The number of sulfonamides is 1. The van der Waals surface area contributed by atoms with E-state index in [0.717, 1.165) is 22.0 Å². The molecule has 1 fully saturated rings. The van der Waals surface area contributed by atoms with Crippen LogP contribution >= 0.6 is 15.9 Å². The van der Waals surface area contributed by atoms with Crippen LogP contribution in [-0.4, -0.2) is 31.9 Å². The summed E-state index contributed by atoms with van der Waals surface area (Å²) in [4.78, 5) is 0.386. The molecule has 1 aromatic rings. The number of rotatable bonds is 2. The second-order valence-corrected chi connectivity index (χ2v) is 7.54. The zero-order valence-corrected chi connectivity index (χ0v) is 12.9. The highest BCUT2D eigenvalue weighted by Crippen LogP contribution is 2.28. The molecular formula is C12H17BrN2O2S. The van der Waals surface area contributed by atoms with Crippen LogP contribution in [0.4, 0.5) is 0 Å². The summed E-state index contributed by atoms with van der Waals surface area (Å²) in [5, 5.41) is 0. The van der Waals surface area contributed by atoms with E-state index in [0.29, 0.717) is 18.0 Å². The molecule has 1 heterocycles. The summed E-state index contributed by atoms with van der Waals surface area (Å²) >= 11 is 3.41. The number of halogens is 1. The number of benzene rings is 1. The summed E-state index contributed by atoms with van der Waals surface area (Å²) in [6, 6.07) is 3.52. The molecule has 2 rings (SSSR count). The van der Waals surface area contributed by atoms with Gasteiger partial charge in [-0.1, -0.05) is 15.9 Å². The van der Waals surface area contributed by atoms with Gasteiger partial charge in [-0.25, -0.2) is 8.42 Å². The molecule has 0 aromatic heterocycles. The first kappa shape index (κ1) is 14.0. The van der Waals surface area contributed by atoms with Crippen molar-refractivity contribution in [3.63, 3.8) is 0 Å². The third-order valence-electron chi connectivity index (χ3n) is 3.26. The second kappa shape index (κ2) is 4.92. The van der Waals surface area contributed by atoms with Crippen molar-refractivity contribution in [2.24, 2.45) is 5.73 Å². The van der Waals surface area contributed by atoms with Gasteiger partial charge in [-0.2, -0.15) is 4.31 Å². The quantitative estimate of drug-likeness (QED) is 0.897. The van der Waals surface area contributed by atoms with E-state index < -0.39 is 10.0 Å². The molecule has 0 spiro atoms. The predicted octanol–water partition coefficient (Wildman–Crippen LogP) is 1.79. The molecule has 0 amide bonds. The van der Waals surface area contributed by atoms with E-state index in [1.807, 2.05) is 19.9 Å². The van der Waals surface area contributed by atoms with Gasteiger partial charge in [0, 0.05) is 23.6 Å². The molecule has 18 heavy (non-hydrogen) atoms. The molecule has 1 unspecified atom stereocenters. The van der Waals surface area contributed by atoms with E-state index in [1.54, 1.807) is 6.07 Å². The lowest BCUT2D eigenvalue weighted by molar-refractivity contribution is 0.472. The average Bonchev–Trinajstić information content (AvgIpc) is 2.70. The maximum Gasteiger partial charge on any atom is 0.243 e. The first-order valence-corrected chi connectivity index (χ1v) is 8.08. The van der Waals surface area contributed by atoms with Crippen LogP contribution in [0, 0.1) is 13.8 Å². The second-order valence-electron chi connectivity index (χ2n) is 4.78. The van der Waals surface area contributed by atoms with E-state index >= 15 is 0 Å². The molecule has 1 aromatic carbocycles. The van der Waals surface area contributed by atoms with Gasteiger partial charge in [0.2, 0.25) is 10.0 Å². The average molecular weight is 333 g/mol. The van der Waals surface area contributed by atoms with E-state index in [9.17, 15) is 8.42 Å². The van der Waals surface area contributed by atoms with Crippen molar-refractivity contribution in [2.75, 3.05) is 13.1 Å². The molecule has 4 nitrogen and oxygen atoms in total. The summed E-state index contributed by atoms with van der Waals surface area (Å²) in [6.45, 7) is 4.63. The van der Waals surface area contributed by atoms with Crippen molar-refractivity contribution in [1.82, 2.24) is 4.31 Å². The highest BCUT2D eigenvalue weighted by atomic mass is 79.9. The van der Waals surface area contributed by atoms with Crippen molar-refractivity contribution in [3.05, 3.63) is 27.7 Å². The van der Waals surface area contributed by atoms with Crippen molar-refractivity contribution in [1.29, 1.82) is 0 Å². The van der Waals surface area contributed by atoms with Crippen molar-refractivity contribution < 1.29 is 8.42 Å². The molecule has 1 atom stereocenters. The third kappa shape index (κ3) is 2.47. The lowest BCUT2D eigenvalue weighted by Crippen LogP contribution is -2.32. The molecule has 0 saturated carbocycles. The van der Waals surface area contributed by atoms with E-state index in [1.165, 1.54) is 4.31 Å². The van der Waals surface area contributed by atoms with Gasteiger partial charge in [0.25, 0.3) is 0 Å². The first-order chi connectivity index (χ1) is 8.32.